The average molecular weight is 445 g/mol. The predicted molar refractivity (Wildman–Crippen MR) is 121 cm³/mol. The smallest absolute Gasteiger partial charge is 0.268 e. The molecule has 0 radical (unpaired) electrons. The molecular weight excluding hydrogens is 424 g/mol. The fraction of sp³-hybridized carbons (Fsp3) is 0.120. The molecule has 5 rings (SSSR count). The highest BCUT2D eigenvalue weighted by Gasteiger charge is 2.35. The lowest BCUT2D eigenvalue weighted by Crippen LogP contribution is -2.32. The van der Waals surface area contributed by atoms with Crippen LogP contribution in [-0.2, 0) is 16.4 Å². The van der Waals surface area contributed by atoms with Crippen molar-refractivity contribution in [3.05, 3.63) is 101 Å². The van der Waals surface area contributed by atoms with Gasteiger partial charge in [-0.2, -0.15) is 0 Å². The molecule has 0 unspecified atom stereocenters. The van der Waals surface area contributed by atoms with Crippen molar-refractivity contribution in [1.29, 1.82) is 0 Å². The van der Waals surface area contributed by atoms with Gasteiger partial charge in [0.15, 0.2) is 0 Å². The molecule has 2 heterocycles. The highest BCUT2D eigenvalue weighted by molar-refractivity contribution is 7.90. The molecule has 0 atom stereocenters. The van der Waals surface area contributed by atoms with E-state index in [2.05, 4.69) is 0 Å². The van der Waals surface area contributed by atoms with Crippen molar-refractivity contribution in [3.63, 3.8) is 0 Å². The number of hydrogen-bond donors (Lipinski definition) is 0. The number of aryl methyl sites for hydroxylation is 1. The van der Waals surface area contributed by atoms with Gasteiger partial charge in [-0.05, 0) is 43.3 Å². The maximum Gasteiger partial charge on any atom is 0.268 e. The maximum absolute atomic E-state index is 13.6. The molecule has 7 heteroatoms. The summed E-state index contributed by atoms with van der Waals surface area (Å²) in [4.78, 5) is 26.8. The van der Waals surface area contributed by atoms with Gasteiger partial charge >= 0.3 is 0 Å². The minimum atomic E-state index is -3.87. The summed E-state index contributed by atoms with van der Waals surface area (Å²) < 4.78 is 28.4. The van der Waals surface area contributed by atoms with E-state index in [1.165, 1.54) is 8.87 Å². The molecule has 1 aliphatic rings. The molecule has 160 valence electrons. The molecule has 1 aliphatic heterocycles. The Morgan fingerprint density at radius 1 is 0.781 bits per heavy atom. The van der Waals surface area contributed by atoms with Crippen LogP contribution in [0.15, 0.2) is 83.8 Å². The monoisotopic (exact) mass is 444 g/mol. The Balaban J connectivity index is 1.54. The van der Waals surface area contributed by atoms with E-state index in [1.54, 1.807) is 66.7 Å². The largest absolute Gasteiger partial charge is 0.274 e. The summed E-state index contributed by atoms with van der Waals surface area (Å²) in [5.41, 5.74) is 2.80. The average Bonchev–Trinajstić information content (AvgIpc) is 3.28. The van der Waals surface area contributed by atoms with Gasteiger partial charge in [-0.25, -0.2) is 12.4 Å². The maximum atomic E-state index is 13.6. The number of benzene rings is 3. The number of amides is 2. The summed E-state index contributed by atoms with van der Waals surface area (Å²) in [6.07, 6.45) is 0.214. The second-order valence-electron chi connectivity index (χ2n) is 7.83. The number of imide groups is 1. The van der Waals surface area contributed by atoms with Gasteiger partial charge < -0.3 is 0 Å². The zero-order chi connectivity index (χ0) is 22.5. The zero-order valence-corrected chi connectivity index (χ0v) is 18.2. The van der Waals surface area contributed by atoms with Crippen molar-refractivity contribution >= 4 is 32.7 Å². The van der Waals surface area contributed by atoms with Crippen LogP contribution >= 0.6 is 0 Å². The second kappa shape index (κ2) is 7.46. The van der Waals surface area contributed by atoms with Crippen molar-refractivity contribution in [1.82, 2.24) is 8.87 Å². The standard InChI is InChI=1S/C25H20N2O4S/c1-17-10-12-20(13-11-17)32(30,31)27-19(16-18-6-2-5-9-23(18)27)14-15-26-24(28)21-7-3-4-8-22(21)25(26)29/h2-13,16H,14-15H2,1H3. The number of nitrogens with zero attached hydrogens (tertiary/aromatic N) is 2. The van der Waals surface area contributed by atoms with E-state index in [4.69, 9.17) is 0 Å². The first-order valence-electron chi connectivity index (χ1n) is 10.2. The zero-order valence-electron chi connectivity index (χ0n) is 17.4. The van der Waals surface area contributed by atoms with Gasteiger partial charge in [0.25, 0.3) is 21.8 Å². The Bertz CT molecular complexity index is 1450. The third-order valence-electron chi connectivity index (χ3n) is 5.77. The molecule has 32 heavy (non-hydrogen) atoms. The normalized spacial score (nSPS) is 13.7. The van der Waals surface area contributed by atoms with Gasteiger partial charge in [0.1, 0.15) is 0 Å². The molecule has 6 nitrogen and oxygen atoms in total. The Labute approximate surface area is 185 Å². The van der Waals surface area contributed by atoms with Gasteiger partial charge in [0, 0.05) is 24.0 Å². The van der Waals surface area contributed by atoms with Crippen molar-refractivity contribution in [3.8, 4) is 0 Å². The van der Waals surface area contributed by atoms with Crippen LogP contribution < -0.4 is 0 Å². The predicted octanol–water partition coefficient (Wildman–Crippen LogP) is 4.03. The molecule has 3 aromatic carbocycles. The van der Waals surface area contributed by atoms with Crippen molar-refractivity contribution in [2.24, 2.45) is 0 Å². The first-order valence-corrected chi connectivity index (χ1v) is 11.7. The van der Waals surface area contributed by atoms with Crippen LogP contribution in [0.2, 0.25) is 0 Å². The number of para-hydroxylation sites is 1. The van der Waals surface area contributed by atoms with Crippen molar-refractivity contribution in [2.75, 3.05) is 6.54 Å². The fourth-order valence-corrected chi connectivity index (χ4v) is 5.70. The van der Waals surface area contributed by atoms with Crippen molar-refractivity contribution < 1.29 is 18.0 Å². The number of hydrogen-bond acceptors (Lipinski definition) is 4. The molecule has 0 fully saturated rings. The lowest BCUT2D eigenvalue weighted by Gasteiger charge is -2.16. The summed E-state index contributed by atoms with van der Waals surface area (Å²) in [6, 6.07) is 22.5. The molecule has 0 bridgehead atoms. The molecule has 0 N–H and O–H groups in total. The molecule has 4 aromatic rings. The van der Waals surface area contributed by atoms with Gasteiger partial charge in [0.2, 0.25) is 0 Å². The molecule has 1 aromatic heterocycles. The first kappa shape index (κ1) is 20.2. The number of aromatic nitrogens is 1. The SMILES string of the molecule is Cc1ccc(S(=O)(=O)n2c(CCN3C(=O)c4ccccc4C3=O)cc3ccccc32)cc1. The minimum absolute atomic E-state index is 0.0894. The van der Waals surface area contributed by atoms with Gasteiger partial charge in [-0.1, -0.05) is 48.0 Å². The number of carbonyl (C=O) groups excluding carboxylic acids is 2. The van der Waals surface area contributed by atoms with Crippen LogP contribution in [0.4, 0.5) is 0 Å². The Morgan fingerprint density at radius 2 is 1.38 bits per heavy atom. The second-order valence-corrected chi connectivity index (χ2v) is 9.62. The number of carbonyl (C=O) groups is 2. The molecule has 0 saturated carbocycles. The Morgan fingerprint density at radius 3 is 2.03 bits per heavy atom. The molecule has 2 amide bonds. The number of fused-ring (bicyclic) bond motifs is 2. The lowest BCUT2D eigenvalue weighted by atomic mass is 10.1. The summed E-state index contributed by atoms with van der Waals surface area (Å²) in [6.45, 7) is 1.99. The van der Waals surface area contributed by atoms with Crippen molar-refractivity contribution in [2.45, 2.75) is 18.2 Å². The fourth-order valence-electron chi connectivity index (χ4n) is 4.13. The molecule has 0 spiro atoms. The Hall–Kier alpha value is -3.71. The summed E-state index contributed by atoms with van der Waals surface area (Å²) in [7, 11) is -3.87. The van der Waals surface area contributed by atoms with E-state index < -0.39 is 10.0 Å². The Kier molecular flexibility index (Phi) is 4.71. The van der Waals surface area contributed by atoms with E-state index >= 15 is 0 Å². The molecule has 0 aliphatic carbocycles. The van der Waals surface area contributed by atoms with Crippen LogP contribution in [0.5, 0.6) is 0 Å². The van der Waals surface area contributed by atoms with Crippen LogP contribution in [-0.4, -0.2) is 35.6 Å². The van der Waals surface area contributed by atoms with E-state index in [-0.39, 0.29) is 29.7 Å². The third-order valence-corrected chi connectivity index (χ3v) is 7.55. The first-order chi connectivity index (χ1) is 15.4. The molecule has 0 saturated heterocycles. The van der Waals surface area contributed by atoms with Crippen LogP contribution in [0.1, 0.15) is 32.0 Å². The number of rotatable bonds is 5. The topological polar surface area (TPSA) is 76.5 Å². The summed E-state index contributed by atoms with van der Waals surface area (Å²) >= 11 is 0. The van der Waals surface area contributed by atoms with Crippen LogP contribution in [0.3, 0.4) is 0 Å². The van der Waals surface area contributed by atoms with Gasteiger partial charge in [-0.15, -0.1) is 0 Å². The van der Waals surface area contributed by atoms with E-state index in [9.17, 15) is 18.0 Å². The van der Waals surface area contributed by atoms with E-state index in [0.29, 0.717) is 22.3 Å². The quantitative estimate of drug-likeness (QED) is 0.436. The lowest BCUT2D eigenvalue weighted by molar-refractivity contribution is 0.0656. The van der Waals surface area contributed by atoms with Crippen LogP contribution in [0, 0.1) is 6.92 Å². The summed E-state index contributed by atoms with van der Waals surface area (Å²) in [5, 5.41) is 0.778. The molecular formula is C25H20N2O4S. The highest BCUT2D eigenvalue weighted by Crippen LogP contribution is 2.28. The van der Waals surface area contributed by atoms with Gasteiger partial charge in [0.05, 0.1) is 21.5 Å². The third kappa shape index (κ3) is 3.13. The highest BCUT2D eigenvalue weighted by atomic mass is 32.2. The van der Waals surface area contributed by atoms with E-state index in [0.717, 1.165) is 10.9 Å². The van der Waals surface area contributed by atoms with Crippen LogP contribution in [0.25, 0.3) is 10.9 Å². The van der Waals surface area contributed by atoms with E-state index in [1.807, 2.05) is 19.1 Å². The minimum Gasteiger partial charge on any atom is -0.274 e. The summed E-state index contributed by atoms with van der Waals surface area (Å²) in [5.74, 6) is -0.704. The van der Waals surface area contributed by atoms with Gasteiger partial charge in [-0.3, -0.25) is 14.5 Å².